The molecule has 0 aliphatic rings. The van der Waals surface area contributed by atoms with Gasteiger partial charge in [0.15, 0.2) is 17.8 Å². The van der Waals surface area contributed by atoms with E-state index >= 15 is 0 Å². The first-order valence-electron chi connectivity index (χ1n) is 6.19. The van der Waals surface area contributed by atoms with Crippen LogP contribution >= 0.6 is 22.6 Å². The number of fused-ring (bicyclic) bond motifs is 1. The van der Waals surface area contributed by atoms with Gasteiger partial charge in [-0.2, -0.15) is 0 Å². The highest BCUT2D eigenvalue weighted by molar-refractivity contribution is 14.1. The zero-order chi connectivity index (χ0) is 15.9. The number of oxazole rings is 1. The van der Waals surface area contributed by atoms with Crippen LogP contribution in [0.2, 0.25) is 0 Å². The molecule has 7 heteroatoms. The van der Waals surface area contributed by atoms with Crippen molar-refractivity contribution in [3.8, 4) is 0 Å². The van der Waals surface area contributed by atoms with Crippen molar-refractivity contribution in [1.29, 1.82) is 0 Å². The van der Waals surface area contributed by atoms with E-state index in [1.165, 1.54) is 18.2 Å². The Labute approximate surface area is 136 Å². The number of aromatic nitrogens is 1. The highest BCUT2D eigenvalue weighted by Gasteiger charge is 2.21. The first-order valence-corrected chi connectivity index (χ1v) is 7.27. The second-order valence-corrected chi connectivity index (χ2v) is 5.88. The topological polar surface area (TPSA) is 63.3 Å². The van der Waals surface area contributed by atoms with Crippen LogP contribution in [-0.4, -0.2) is 16.1 Å². The number of halogens is 3. The summed E-state index contributed by atoms with van der Waals surface area (Å²) in [6.07, 6.45) is 0.855. The number of hydrogen-bond donors (Lipinski definition) is 1. The minimum atomic E-state index is -1.31. The molecule has 0 aliphatic heterocycles. The summed E-state index contributed by atoms with van der Waals surface area (Å²) in [7, 11) is 0. The zero-order valence-electron chi connectivity index (χ0n) is 10.9. The van der Waals surface area contributed by atoms with Gasteiger partial charge in [0.2, 0.25) is 0 Å². The smallest absolute Gasteiger partial charge is 0.336 e. The fourth-order valence-electron chi connectivity index (χ4n) is 2.22. The van der Waals surface area contributed by atoms with Gasteiger partial charge in [0.25, 0.3) is 0 Å². The van der Waals surface area contributed by atoms with Crippen LogP contribution in [0.4, 0.5) is 8.78 Å². The van der Waals surface area contributed by atoms with E-state index in [1.54, 1.807) is 6.07 Å². The fourth-order valence-corrected chi connectivity index (χ4v) is 2.67. The Balaban J connectivity index is 2.18. The highest BCUT2D eigenvalue weighted by Crippen LogP contribution is 2.27. The summed E-state index contributed by atoms with van der Waals surface area (Å²) in [6.45, 7) is 0. The summed E-state index contributed by atoms with van der Waals surface area (Å²) >= 11 is 1.96. The second-order valence-electron chi connectivity index (χ2n) is 4.63. The molecule has 22 heavy (non-hydrogen) atoms. The Morgan fingerprint density at radius 1 is 1.32 bits per heavy atom. The van der Waals surface area contributed by atoms with Gasteiger partial charge in [0.1, 0.15) is 11.3 Å². The minimum Gasteiger partial charge on any atom is -0.478 e. The fraction of sp³-hybridized carbons (Fsp3) is 0.0667. The van der Waals surface area contributed by atoms with Crippen LogP contribution in [0.15, 0.2) is 35.1 Å². The number of carboxylic acid groups (broad SMARTS) is 1. The van der Waals surface area contributed by atoms with Crippen LogP contribution in [0, 0.1) is 15.2 Å². The Hall–Kier alpha value is -2.03. The predicted molar refractivity (Wildman–Crippen MR) is 82.8 cm³/mol. The maximum atomic E-state index is 14.5. The molecule has 0 atom stereocenters. The lowest BCUT2D eigenvalue weighted by atomic mass is 9.98. The third-order valence-corrected chi connectivity index (χ3v) is 3.95. The molecule has 0 bridgehead atoms. The molecule has 2 aromatic carbocycles. The lowest BCUT2D eigenvalue weighted by Crippen LogP contribution is -2.07. The van der Waals surface area contributed by atoms with Gasteiger partial charge < -0.3 is 9.52 Å². The van der Waals surface area contributed by atoms with E-state index in [-0.39, 0.29) is 34.2 Å². The summed E-state index contributed by atoms with van der Waals surface area (Å²) in [6, 6.07) is 5.69. The number of carbonyl (C=O) groups is 1. The van der Waals surface area contributed by atoms with Gasteiger partial charge in [-0.1, -0.05) is 6.07 Å². The van der Waals surface area contributed by atoms with Gasteiger partial charge in [-0.3, -0.25) is 0 Å². The highest BCUT2D eigenvalue weighted by atomic mass is 127. The molecule has 1 heterocycles. The maximum Gasteiger partial charge on any atom is 0.336 e. The summed E-state index contributed by atoms with van der Waals surface area (Å²) in [5.41, 5.74) is -0.189. The van der Waals surface area contributed by atoms with Crippen molar-refractivity contribution >= 4 is 39.7 Å². The number of hydrogen-bond acceptors (Lipinski definition) is 3. The monoisotopic (exact) mass is 415 g/mol. The van der Waals surface area contributed by atoms with Crippen molar-refractivity contribution in [3.05, 3.63) is 62.6 Å². The molecule has 0 saturated carbocycles. The number of rotatable bonds is 3. The molecule has 0 aliphatic carbocycles. The lowest BCUT2D eigenvalue weighted by molar-refractivity contribution is 0.0695. The molecule has 1 N–H and O–H groups in total. The molecule has 0 spiro atoms. The van der Waals surface area contributed by atoms with E-state index in [0.29, 0.717) is 3.57 Å². The standard InChI is InChI=1S/C15H8F2INO3/c16-11-4-8(18)2-1-7(11)3-9-10(15(20)21)5-12-14(13(9)17)19-6-22-12/h1-2,4-6H,3H2,(H,20,21). The SMILES string of the molecule is O=C(O)c1cc2ocnc2c(F)c1Cc1ccc(I)cc1F. The third-order valence-electron chi connectivity index (χ3n) is 3.28. The molecule has 0 saturated heterocycles. The molecule has 3 rings (SSSR count). The van der Waals surface area contributed by atoms with E-state index in [1.807, 2.05) is 22.6 Å². The molecule has 112 valence electrons. The zero-order valence-corrected chi connectivity index (χ0v) is 13.1. The van der Waals surface area contributed by atoms with Crippen molar-refractivity contribution in [2.45, 2.75) is 6.42 Å². The molecule has 0 amide bonds. The Bertz CT molecular complexity index is 892. The van der Waals surface area contributed by atoms with Crippen LogP contribution in [0.25, 0.3) is 11.1 Å². The second kappa shape index (κ2) is 5.64. The van der Waals surface area contributed by atoms with Crippen molar-refractivity contribution < 1.29 is 23.1 Å². The largest absolute Gasteiger partial charge is 0.478 e. The molecule has 0 fully saturated rings. The average molecular weight is 415 g/mol. The number of carboxylic acids is 1. The summed E-state index contributed by atoms with van der Waals surface area (Å²) < 4.78 is 34.1. The summed E-state index contributed by atoms with van der Waals surface area (Å²) in [5, 5.41) is 9.25. The number of aromatic carboxylic acids is 1. The van der Waals surface area contributed by atoms with Gasteiger partial charge >= 0.3 is 5.97 Å². The average Bonchev–Trinajstić information content (AvgIpc) is 2.92. The minimum absolute atomic E-state index is 0.0433. The molecule has 0 unspecified atom stereocenters. The van der Waals surface area contributed by atoms with Crippen molar-refractivity contribution in [2.75, 3.05) is 0 Å². The van der Waals surface area contributed by atoms with E-state index in [9.17, 15) is 18.7 Å². The van der Waals surface area contributed by atoms with Crippen molar-refractivity contribution in [1.82, 2.24) is 4.98 Å². The van der Waals surface area contributed by atoms with Crippen molar-refractivity contribution in [2.24, 2.45) is 0 Å². The predicted octanol–water partition coefficient (Wildman–Crippen LogP) is 4.00. The van der Waals surface area contributed by atoms with Crippen LogP contribution in [0.3, 0.4) is 0 Å². The quantitative estimate of drug-likeness (QED) is 0.658. The lowest BCUT2D eigenvalue weighted by Gasteiger charge is -2.09. The first kappa shape index (κ1) is 14.9. The molecular weight excluding hydrogens is 407 g/mol. The van der Waals surface area contributed by atoms with E-state index < -0.39 is 17.6 Å². The van der Waals surface area contributed by atoms with Gasteiger partial charge in [-0.05, 0) is 46.4 Å². The normalized spacial score (nSPS) is 11.0. The first-order chi connectivity index (χ1) is 10.5. The van der Waals surface area contributed by atoms with Gasteiger partial charge in [-0.25, -0.2) is 18.6 Å². The van der Waals surface area contributed by atoms with Gasteiger partial charge in [-0.15, -0.1) is 0 Å². The molecular formula is C15H8F2INO3. The van der Waals surface area contributed by atoms with E-state index in [2.05, 4.69) is 4.98 Å². The molecule has 4 nitrogen and oxygen atoms in total. The van der Waals surface area contributed by atoms with E-state index in [0.717, 1.165) is 6.39 Å². The van der Waals surface area contributed by atoms with Crippen LogP contribution in [-0.2, 0) is 6.42 Å². The van der Waals surface area contributed by atoms with E-state index in [4.69, 9.17) is 4.42 Å². The Morgan fingerprint density at radius 3 is 2.77 bits per heavy atom. The third kappa shape index (κ3) is 2.56. The summed E-state index contributed by atoms with van der Waals surface area (Å²) in [4.78, 5) is 15.1. The molecule has 0 radical (unpaired) electrons. The Morgan fingerprint density at radius 2 is 2.09 bits per heavy atom. The van der Waals surface area contributed by atoms with Gasteiger partial charge in [0.05, 0.1) is 5.56 Å². The maximum absolute atomic E-state index is 14.5. The van der Waals surface area contributed by atoms with Crippen LogP contribution < -0.4 is 0 Å². The summed E-state index contributed by atoms with van der Waals surface area (Å²) in [5.74, 6) is -2.62. The molecule has 1 aromatic heterocycles. The number of nitrogens with zero attached hydrogens (tertiary/aromatic N) is 1. The van der Waals surface area contributed by atoms with Crippen molar-refractivity contribution in [3.63, 3.8) is 0 Å². The molecule has 3 aromatic rings. The Kier molecular flexibility index (Phi) is 3.81. The van der Waals surface area contributed by atoms with Gasteiger partial charge in [0, 0.05) is 15.6 Å². The van der Waals surface area contributed by atoms with Crippen LogP contribution in [0.5, 0.6) is 0 Å². The number of benzene rings is 2. The van der Waals surface area contributed by atoms with Crippen LogP contribution in [0.1, 0.15) is 21.5 Å².